The molecule has 0 saturated carbocycles. The summed E-state index contributed by atoms with van der Waals surface area (Å²) in [7, 11) is 3.73. The van der Waals surface area contributed by atoms with E-state index in [0.717, 1.165) is 53.1 Å². The minimum Gasteiger partial charge on any atom is -0.330 e. The van der Waals surface area contributed by atoms with Crippen molar-refractivity contribution in [3.63, 3.8) is 0 Å². The van der Waals surface area contributed by atoms with E-state index in [1.807, 2.05) is 63.6 Å². The average molecular weight is 452 g/mol. The van der Waals surface area contributed by atoms with Gasteiger partial charge < -0.3 is 14.9 Å². The highest BCUT2D eigenvalue weighted by Crippen LogP contribution is 2.30. The predicted octanol–water partition coefficient (Wildman–Crippen LogP) is 5.93. The summed E-state index contributed by atoms with van der Waals surface area (Å²) in [5.74, 6) is 0. The maximum Gasteiger partial charge on any atom is 0.326 e. The van der Waals surface area contributed by atoms with Crippen LogP contribution in [-0.2, 0) is 13.6 Å². The van der Waals surface area contributed by atoms with Crippen molar-refractivity contribution in [3.05, 3.63) is 71.6 Å². The topological polar surface area (TPSA) is 67.6 Å². The van der Waals surface area contributed by atoms with Crippen LogP contribution in [0.2, 0.25) is 0 Å². The number of fused-ring (bicyclic) bond motifs is 1. The number of H-pyrrole nitrogens is 1. The zero-order valence-corrected chi connectivity index (χ0v) is 21.4. The van der Waals surface area contributed by atoms with Crippen LogP contribution in [0, 0.1) is 0 Å². The second kappa shape index (κ2) is 14.9. The van der Waals surface area contributed by atoms with Crippen LogP contribution in [0.15, 0.2) is 60.2 Å². The number of nitrogens with one attached hydrogen (secondary N) is 2. The number of rotatable bonds is 8. The Morgan fingerprint density at radius 1 is 1.24 bits per heavy atom. The maximum atomic E-state index is 11.9. The molecular weight excluding hydrogens is 410 g/mol. The Kier molecular flexibility index (Phi) is 12.6. The zero-order valence-electron chi connectivity index (χ0n) is 21.4. The number of hydrogen-bond acceptors (Lipinski definition) is 3. The van der Waals surface area contributed by atoms with Crippen LogP contribution < -0.4 is 11.0 Å². The number of hydrogen-bond donors (Lipinski definition) is 2. The molecule has 0 radical (unpaired) electrons. The first kappa shape index (κ1) is 27.9. The standard InChI is InChI=1S/C21H24N4O.C4H11N.C2H6/c1-5-8-9-10-15(6-2)19-20(25(7-3)14-22-19)16-11-12-18-17(13-16)23-21(26)24(18)4;1-3-4-5-2;1-2/h6,8-14H,2,5,7H2,1,3-4H3,(H,23,26);5H,3-4H2,1-2H3;1-2H3/b9-8-,15-10+;;. The van der Waals surface area contributed by atoms with E-state index < -0.39 is 0 Å². The third kappa shape index (κ3) is 7.19. The van der Waals surface area contributed by atoms with E-state index in [1.165, 1.54) is 6.42 Å². The van der Waals surface area contributed by atoms with Crippen LogP contribution in [0.1, 0.15) is 53.2 Å². The SMILES string of the molecule is C=C/C(=C\C=C/CC)c1ncn(CC)c1-c1ccc2c(c1)[nH]c(=O)n2C.CC.CCCNC. The molecule has 2 aromatic heterocycles. The fourth-order valence-corrected chi connectivity index (χ4v) is 3.32. The van der Waals surface area contributed by atoms with Crippen molar-refractivity contribution in [2.75, 3.05) is 13.6 Å². The monoisotopic (exact) mass is 451 g/mol. The third-order valence-corrected chi connectivity index (χ3v) is 5.00. The van der Waals surface area contributed by atoms with E-state index in [-0.39, 0.29) is 5.69 Å². The average Bonchev–Trinajstić information content (AvgIpc) is 3.39. The van der Waals surface area contributed by atoms with E-state index in [2.05, 4.69) is 53.3 Å². The van der Waals surface area contributed by atoms with Crippen LogP contribution in [-0.4, -0.2) is 32.7 Å². The van der Waals surface area contributed by atoms with Crippen molar-refractivity contribution in [2.24, 2.45) is 7.05 Å². The van der Waals surface area contributed by atoms with Gasteiger partial charge in [-0.3, -0.25) is 4.57 Å². The van der Waals surface area contributed by atoms with Crippen molar-refractivity contribution < 1.29 is 0 Å². The van der Waals surface area contributed by atoms with Gasteiger partial charge in [-0.15, -0.1) is 0 Å². The van der Waals surface area contributed by atoms with Crippen molar-refractivity contribution in [2.45, 2.75) is 54.0 Å². The first-order chi connectivity index (χ1) is 16.0. The number of nitrogens with zero attached hydrogens (tertiary/aromatic N) is 3. The molecule has 3 aromatic rings. The molecule has 0 unspecified atom stereocenters. The quantitative estimate of drug-likeness (QED) is 0.417. The van der Waals surface area contributed by atoms with E-state index in [4.69, 9.17) is 0 Å². The number of allylic oxidation sites excluding steroid dienone is 5. The predicted molar refractivity (Wildman–Crippen MR) is 144 cm³/mol. The minimum atomic E-state index is -0.113. The molecule has 3 rings (SSSR count). The molecule has 180 valence electrons. The molecule has 1 aromatic carbocycles. The number of aromatic amines is 1. The van der Waals surface area contributed by atoms with E-state index in [9.17, 15) is 4.79 Å². The van der Waals surface area contributed by atoms with Crippen LogP contribution >= 0.6 is 0 Å². The van der Waals surface area contributed by atoms with Crippen LogP contribution in [0.4, 0.5) is 0 Å². The molecule has 0 atom stereocenters. The van der Waals surface area contributed by atoms with E-state index in [1.54, 1.807) is 11.6 Å². The van der Waals surface area contributed by atoms with Gasteiger partial charge in [0.15, 0.2) is 0 Å². The molecule has 0 saturated heterocycles. The smallest absolute Gasteiger partial charge is 0.326 e. The zero-order chi connectivity index (χ0) is 24.8. The summed E-state index contributed by atoms with van der Waals surface area (Å²) in [6, 6.07) is 6.00. The molecule has 0 spiro atoms. The highest BCUT2D eigenvalue weighted by atomic mass is 16.1. The number of aromatic nitrogens is 4. The van der Waals surface area contributed by atoms with Gasteiger partial charge in [0.05, 0.1) is 28.7 Å². The van der Waals surface area contributed by atoms with Crippen molar-refractivity contribution in [3.8, 4) is 11.3 Å². The van der Waals surface area contributed by atoms with Crippen molar-refractivity contribution in [1.82, 2.24) is 24.4 Å². The molecule has 6 nitrogen and oxygen atoms in total. The lowest BCUT2D eigenvalue weighted by molar-refractivity contribution is 0.769. The second-order valence-corrected chi connectivity index (χ2v) is 7.21. The minimum absolute atomic E-state index is 0.113. The number of imidazole rings is 2. The van der Waals surface area contributed by atoms with Crippen molar-refractivity contribution in [1.29, 1.82) is 0 Å². The molecule has 0 aliphatic heterocycles. The largest absolute Gasteiger partial charge is 0.330 e. The fourth-order valence-electron chi connectivity index (χ4n) is 3.32. The Morgan fingerprint density at radius 3 is 2.52 bits per heavy atom. The Bertz CT molecular complexity index is 1110. The normalized spacial score (nSPS) is 11.2. The van der Waals surface area contributed by atoms with Gasteiger partial charge in [0, 0.05) is 24.7 Å². The molecule has 0 fully saturated rings. The van der Waals surface area contributed by atoms with Gasteiger partial charge in [-0.2, -0.15) is 0 Å². The van der Waals surface area contributed by atoms with Crippen molar-refractivity contribution >= 4 is 16.6 Å². The van der Waals surface area contributed by atoms with Gasteiger partial charge in [-0.05, 0) is 45.5 Å². The Labute approximate surface area is 198 Å². The summed E-state index contributed by atoms with van der Waals surface area (Å²) in [4.78, 5) is 19.4. The lowest BCUT2D eigenvalue weighted by Gasteiger charge is -2.09. The van der Waals surface area contributed by atoms with Crippen LogP contribution in [0.25, 0.3) is 27.9 Å². The first-order valence-corrected chi connectivity index (χ1v) is 11.9. The van der Waals surface area contributed by atoms with Gasteiger partial charge in [-0.1, -0.05) is 64.6 Å². The number of aryl methyl sites for hydroxylation is 2. The molecule has 2 N–H and O–H groups in total. The van der Waals surface area contributed by atoms with Gasteiger partial charge in [0.25, 0.3) is 0 Å². The lowest BCUT2D eigenvalue weighted by atomic mass is 10.0. The van der Waals surface area contributed by atoms with Crippen LogP contribution in [0.5, 0.6) is 0 Å². The molecule has 0 aliphatic rings. The summed E-state index contributed by atoms with van der Waals surface area (Å²) in [6.07, 6.45) is 12.1. The molecule has 0 bridgehead atoms. The van der Waals surface area contributed by atoms with Gasteiger partial charge in [-0.25, -0.2) is 9.78 Å². The fraction of sp³-hybridized carbons (Fsp3) is 0.407. The summed E-state index contributed by atoms with van der Waals surface area (Å²) < 4.78 is 3.72. The molecule has 0 aliphatic carbocycles. The summed E-state index contributed by atoms with van der Waals surface area (Å²) in [5.41, 5.74) is 5.49. The van der Waals surface area contributed by atoms with Gasteiger partial charge in [0.1, 0.15) is 0 Å². The summed E-state index contributed by atoms with van der Waals surface area (Å²) >= 11 is 0. The molecule has 2 heterocycles. The highest BCUT2D eigenvalue weighted by molar-refractivity contribution is 5.87. The van der Waals surface area contributed by atoms with Gasteiger partial charge >= 0.3 is 5.69 Å². The van der Waals surface area contributed by atoms with E-state index >= 15 is 0 Å². The highest BCUT2D eigenvalue weighted by Gasteiger charge is 2.16. The Balaban J connectivity index is 0.000000689. The third-order valence-electron chi connectivity index (χ3n) is 5.00. The maximum absolute atomic E-state index is 11.9. The molecule has 6 heteroatoms. The first-order valence-electron chi connectivity index (χ1n) is 11.9. The summed E-state index contributed by atoms with van der Waals surface area (Å²) in [5, 5.41) is 3.02. The lowest BCUT2D eigenvalue weighted by Crippen LogP contribution is -2.11. The van der Waals surface area contributed by atoms with Crippen LogP contribution in [0.3, 0.4) is 0 Å². The Morgan fingerprint density at radius 2 is 1.97 bits per heavy atom. The Hall–Kier alpha value is -3.12. The summed E-state index contributed by atoms with van der Waals surface area (Å²) in [6.45, 7) is 16.2. The second-order valence-electron chi connectivity index (χ2n) is 7.21. The van der Waals surface area contributed by atoms with E-state index in [0.29, 0.717) is 0 Å². The van der Waals surface area contributed by atoms with Gasteiger partial charge in [0.2, 0.25) is 0 Å². The molecule has 33 heavy (non-hydrogen) atoms. The molecular formula is C27H41N5O. The number of benzene rings is 1. The molecule has 0 amide bonds.